The van der Waals surface area contributed by atoms with Gasteiger partial charge in [0.15, 0.2) is 5.69 Å². The Bertz CT molecular complexity index is 465. The number of aromatic nitrogens is 5. The first-order valence-corrected chi connectivity index (χ1v) is 4.20. The zero-order valence-electron chi connectivity index (χ0n) is 7.95. The predicted octanol–water partition coefficient (Wildman–Crippen LogP) is -0.143. The highest BCUT2D eigenvalue weighted by Crippen LogP contribution is 1.98. The monoisotopic (exact) mass is 204 g/mol. The summed E-state index contributed by atoms with van der Waals surface area (Å²) >= 11 is 0. The molecule has 0 fully saturated rings. The van der Waals surface area contributed by atoms with Crippen LogP contribution in [0, 0.1) is 0 Å². The summed E-state index contributed by atoms with van der Waals surface area (Å²) in [6.45, 7) is 0. The Kier molecular flexibility index (Phi) is 2.36. The molecular weight excluding hydrogens is 196 g/mol. The Morgan fingerprint density at radius 2 is 2.13 bits per heavy atom. The van der Waals surface area contributed by atoms with Gasteiger partial charge in [0, 0.05) is 19.4 Å². The average molecular weight is 204 g/mol. The van der Waals surface area contributed by atoms with Gasteiger partial charge in [0.25, 0.3) is 5.91 Å². The number of anilines is 1. The smallest absolute Gasteiger partial charge is 0.280 e. The number of nitrogens with one attached hydrogen (secondary N) is 1. The van der Waals surface area contributed by atoms with Crippen molar-refractivity contribution >= 4 is 11.9 Å². The number of hydrogen-bond donors (Lipinski definition) is 1. The number of aryl methyl sites for hydroxylation is 1. The Morgan fingerprint density at radius 3 is 2.73 bits per heavy atom. The average Bonchev–Trinajstić information content (AvgIpc) is 2.66. The molecule has 0 unspecified atom stereocenters. The van der Waals surface area contributed by atoms with E-state index in [1.807, 2.05) is 0 Å². The van der Waals surface area contributed by atoms with E-state index in [2.05, 4.69) is 25.6 Å². The minimum absolute atomic E-state index is 0.227. The molecule has 2 heterocycles. The first-order chi connectivity index (χ1) is 7.25. The topological polar surface area (TPSA) is 85.6 Å². The van der Waals surface area contributed by atoms with Crippen LogP contribution in [0.15, 0.2) is 24.7 Å². The van der Waals surface area contributed by atoms with Crippen molar-refractivity contribution in [3.63, 3.8) is 0 Å². The molecule has 76 valence electrons. The molecule has 0 radical (unpaired) electrons. The third-order valence-electron chi connectivity index (χ3n) is 1.63. The van der Waals surface area contributed by atoms with Crippen molar-refractivity contribution < 1.29 is 4.79 Å². The lowest BCUT2D eigenvalue weighted by molar-refractivity contribution is 0.102. The Labute approximate surface area is 85.2 Å². The third kappa shape index (κ3) is 2.13. The fourth-order valence-electron chi connectivity index (χ4n) is 0.981. The molecule has 0 aliphatic heterocycles. The lowest BCUT2D eigenvalue weighted by Gasteiger charge is -1.98. The predicted molar refractivity (Wildman–Crippen MR) is 51.0 cm³/mol. The fourth-order valence-corrected chi connectivity index (χ4v) is 0.981. The second-order valence-corrected chi connectivity index (χ2v) is 2.80. The van der Waals surface area contributed by atoms with Crippen molar-refractivity contribution in [1.82, 2.24) is 25.0 Å². The lowest BCUT2D eigenvalue weighted by Crippen LogP contribution is -2.14. The number of hydrogen-bond acceptors (Lipinski definition) is 5. The second kappa shape index (κ2) is 3.82. The molecule has 0 saturated carbocycles. The van der Waals surface area contributed by atoms with E-state index in [1.165, 1.54) is 10.9 Å². The van der Waals surface area contributed by atoms with Crippen molar-refractivity contribution in [2.24, 2.45) is 7.05 Å². The number of rotatable bonds is 2. The van der Waals surface area contributed by atoms with E-state index in [9.17, 15) is 4.79 Å². The molecule has 15 heavy (non-hydrogen) atoms. The summed E-state index contributed by atoms with van der Waals surface area (Å²) in [7, 11) is 1.68. The molecule has 2 rings (SSSR count). The summed E-state index contributed by atoms with van der Waals surface area (Å²) in [5, 5.41) is 9.80. The minimum atomic E-state index is -0.380. The standard InChI is InChI=1S/C8H8N6O/c1-14-5-6(12-13-14)7(15)11-8-9-3-2-4-10-8/h2-5H,1H3,(H,9,10,11,15). The van der Waals surface area contributed by atoms with Crippen LogP contribution in [0.4, 0.5) is 5.95 Å². The summed E-state index contributed by atoms with van der Waals surface area (Å²) in [4.78, 5) is 19.2. The fraction of sp³-hybridized carbons (Fsp3) is 0.125. The van der Waals surface area contributed by atoms with E-state index < -0.39 is 0 Å². The number of amides is 1. The zero-order valence-corrected chi connectivity index (χ0v) is 7.95. The third-order valence-corrected chi connectivity index (χ3v) is 1.63. The minimum Gasteiger partial charge on any atom is -0.289 e. The Morgan fingerprint density at radius 1 is 1.40 bits per heavy atom. The first kappa shape index (κ1) is 9.25. The van der Waals surface area contributed by atoms with Crippen LogP contribution in [-0.4, -0.2) is 30.9 Å². The maximum atomic E-state index is 11.5. The van der Waals surface area contributed by atoms with Gasteiger partial charge in [0.1, 0.15) is 0 Å². The highest BCUT2D eigenvalue weighted by molar-refractivity contribution is 6.01. The molecule has 0 aliphatic carbocycles. The molecule has 0 spiro atoms. The molecule has 7 nitrogen and oxygen atoms in total. The van der Waals surface area contributed by atoms with Gasteiger partial charge in [-0.15, -0.1) is 5.10 Å². The Balaban J connectivity index is 2.11. The molecule has 0 saturated heterocycles. The van der Waals surface area contributed by atoms with Crippen LogP contribution in [0.3, 0.4) is 0 Å². The molecular formula is C8H8N6O. The first-order valence-electron chi connectivity index (χ1n) is 4.20. The molecule has 7 heteroatoms. The molecule has 0 bridgehead atoms. The van der Waals surface area contributed by atoms with E-state index in [4.69, 9.17) is 0 Å². The van der Waals surface area contributed by atoms with Crippen molar-refractivity contribution in [3.8, 4) is 0 Å². The summed E-state index contributed by atoms with van der Waals surface area (Å²) in [6.07, 6.45) is 4.59. The van der Waals surface area contributed by atoms with Crippen LogP contribution >= 0.6 is 0 Å². The largest absolute Gasteiger partial charge is 0.289 e. The van der Waals surface area contributed by atoms with Gasteiger partial charge in [-0.05, 0) is 6.07 Å². The molecule has 2 aromatic rings. The number of carbonyl (C=O) groups excluding carboxylic acids is 1. The van der Waals surface area contributed by atoms with Crippen LogP contribution < -0.4 is 5.32 Å². The maximum Gasteiger partial charge on any atom is 0.280 e. The SMILES string of the molecule is Cn1cc(C(=O)Nc2ncccn2)nn1. The van der Waals surface area contributed by atoms with Gasteiger partial charge >= 0.3 is 0 Å². The van der Waals surface area contributed by atoms with Crippen LogP contribution in [0.5, 0.6) is 0 Å². The van der Waals surface area contributed by atoms with Crippen LogP contribution in [0.25, 0.3) is 0 Å². The number of nitrogens with zero attached hydrogens (tertiary/aromatic N) is 5. The van der Waals surface area contributed by atoms with E-state index in [-0.39, 0.29) is 17.5 Å². The van der Waals surface area contributed by atoms with Gasteiger partial charge in [-0.2, -0.15) is 0 Å². The molecule has 2 aromatic heterocycles. The summed E-state index contributed by atoms with van der Waals surface area (Å²) < 4.78 is 1.45. The number of carbonyl (C=O) groups is 1. The zero-order chi connectivity index (χ0) is 10.7. The Hall–Kier alpha value is -2.31. The molecule has 1 N–H and O–H groups in total. The van der Waals surface area contributed by atoms with Crippen molar-refractivity contribution in [3.05, 3.63) is 30.4 Å². The van der Waals surface area contributed by atoms with E-state index in [0.29, 0.717) is 0 Å². The van der Waals surface area contributed by atoms with Gasteiger partial charge < -0.3 is 0 Å². The lowest BCUT2D eigenvalue weighted by atomic mass is 10.4. The van der Waals surface area contributed by atoms with Crippen LogP contribution in [0.1, 0.15) is 10.5 Å². The van der Waals surface area contributed by atoms with Gasteiger partial charge in [0.05, 0.1) is 6.20 Å². The highest BCUT2D eigenvalue weighted by Gasteiger charge is 2.10. The molecule has 0 aromatic carbocycles. The van der Waals surface area contributed by atoms with Crippen LogP contribution in [-0.2, 0) is 7.05 Å². The maximum absolute atomic E-state index is 11.5. The van der Waals surface area contributed by atoms with Crippen molar-refractivity contribution in [2.45, 2.75) is 0 Å². The quantitative estimate of drug-likeness (QED) is 0.735. The van der Waals surface area contributed by atoms with Gasteiger partial charge in [-0.25, -0.2) is 9.97 Å². The van der Waals surface area contributed by atoms with Crippen molar-refractivity contribution in [2.75, 3.05) is 5.32 Å². The van der Waals surface area contributed by atoms with Gasteiger partial charge in [-0.1, -0.05) is 5.21 Å². The van der Waals surface area contributed by atoms with Gasteiger partial charge in [-0.3, -0.25) is 14.8 Å². The van der Waals surface area contributed by atoms with Gasteiger partial charge in [0.2, 0.25) is 5.95 Å². The summed E-state index contributed by atoms with van der Waals surface area (Å²) in [6, 6.07) is 1.66. The molecule has 0 aliphatic rings. The summed E-state index contributed by atoms with van der Waals surface area (Å²) in [5.41, 5.74) is 0.227. The normalized spacial score (nSPS) is 9.93. The summed E-state index contributed by atoms with van der Waals surface area (Å²) in [5.74, 6) is -0.137. The van der Waals surface area contributed by atoms with E-state index >= 15 is 0 Å². The van der Waals surface area contributed by atoms with E-state index in [1.54, 1.807) is 25.5 Å². The molecule has 1 amide bonds. The highest BCUT2D eigenvalue weighted by atomic mass is 16.2. The van der Waals surface area contributed by atoms with Crippen LogP contribution in [0.2, 0.25) is 0 Å². The van der Waals surface area contributed by atoms with E-state index in [0.717, 1.165) is 0 Å². The van der Waals surface area contributed by atoms with Crippen molar-refractivity contribution in [1.29, 1.82) is 0 Å². The second-order valence-electron chi connectivity index (χ2n) is 2.80. The molecule has 0 atom stereocenters.